The molecule has 216 valence electrons. The highest BCUT2D eigenvalue weighted by Gasteiger charge is 2.45. The van der Waals surface area contributed by atoms with Gasteiger partial charge in [-0.25, -0.2) is 8.78 Å². The first-order valence-electron chi connectivity index (χ1n) is 14.3. The zero-order valence-electron chi connectivity index (χ0n) is 22.7. The Bertz CT molecular complexity index is 1830. The number of ether oxygens (including phenoxy) is 2. The van der Waals surface area contributed by atoms with Crippen molar-refractivity contribution in [3.63, 3.8) is 0 Å². The van der Waals surface area contributed by atoms with Crippen LogP contribution in [0.2, 0.25) is 5.02 Å². The summed E-state index contributed by atoms with van der Waals surface area (Å²) >= 11 is 7.90. The molecule has 0 bridgehead atoms. The maximum absolute atomic E-state index is 16.9. The van der Waals surface area contributed by atoms with Crippen molar-refractivity contribution in [2.24, 2.45) is 0 Å². The monoisotopic (exact) mass is 608 g/mol. The van der Waals surface area contributed by atoms with E-state index >= 15 is 4.39 Å². The Balaban J connectivity index is 1.35. The quantitative estimate of drug-likeness (QED) is 0.283. The Labute approximate surface area is 249 Å². The number of nitrogens with two attached hydrogens (primary N) is 1. The summed E-state index contributed by atoms with van der Waals surface area (Å²) in [6.07, 6.45) is 6.38. The first kappa shape index (κ1) is 26.2. The molecule has 2 saturated heterocycles. The van der Waals surface area contributed by atoms with Gasteiger partial charge in [0, 0.05) is 17.0 Å². The van der Waals surface area contributed by atoms with Crippen molar-refractivity contribution < 1.29 is 18.3 Å². The van der Waals surface area contributed by atoms with E-state index in [0.717, 1.165) is 63.0 Å². The molecule has 2 aromatic carbocycles. The second kappa shape index (κ2) is 9.53. The summed E-state index contributed by atoms with van der Waals surface area (Å²) in [6, 6.07) is 5.09. The molecule has 3 fully saturated rings. The van der Waals surface area contributed by atoms with Crippen molar-refractivity contribution in [2.75, 3.05) is 43.5 Å². The number of nitrogens with zero attached hydrogens (tertiary/aromatic N) is 5. The molecule has 8 nitrogen and oxygen atoms in total. The van der Waals surface area contributed by atoms with Gasteiger partial charge >= 0.3 is 6.01 Å². The molecule has 0 amide bonds. The maximum Gasteiger partial charge on any atom is 0.319 e. The van der Waals surface area contributed by atoms with Gasteiger partial charge in [0.25, 0.3) is 0 Å². The van der Waals surface area contributed by atoms with Crippen molar-refractivity contribution >= 4 is 54.7 Å². The number of fused-ring (bicyclic) bond motifs is 2. The van der Waals surface area contributed by atoms with Crippen LogP contribution in [-0.2, 0) is 0 Å². The number of aromatic nitrogens is 2. The number of rotatable bonds is 5. The van der Waals surface area contributed by atoms with Crippen LogP contribution in [0.3, 0.4) is 0 Å². The van der Waals surface area contributed by atoms with Crippen LogP contribution in [0, 0.1) is 23.0 Å². The van der Waals surface area contributed by atoms with Crippen LogP contribution in [0.5, 0.6) is 11.8 Å². The highest BCUT2D eigenvalue weighted by atomic mass is 35.5. The van der Waals surface area contributed by atoms with E-state index in [-0.39, 0.29) is 65.7 Å². The molecule has 1 aliphatic carbocycles. The summed E-state index contributed by atoms with van der Waals surface area (Å²) in [7, 11) is 0. The highest BCUT2D eigenvalue weighted by Crippen LogP contribution is 2.51. The lowest BCUT2D eigenvalue weighted by atomic mass is 9.95. The third-order valence-electron chi connectivity index (χ3n) is 9.26. The van der Waals surface area contributed by atoms with Crippen LogP contribution in [0.15, 0.2) is 12.1 Å². The van der Waals surface area contributed by atoms with E-state index in [1.165, 1.54) is 12.1 Å². The van der Waals surface area contributed by atoms with Crippen molar-refractivity contribution in [3.8, 4) is 29.0 Å². The summed E-state index contributed by atoms with van der Waals surface area (Å²) in [5.74, 6) is -0.447. The van der Waals surface area contributed by atoms with Gasteiger partial charge in [0.15, 0.2) is 11.6 Å². The minimum Gasteiger partial charge on any atom is -0.489 e. The summed E-state index contributed by atoms with van der Waals surface area (Å²) in [5.41, 5.74) is 6.36. The molecule has 5 heterocycles. The van der Waals surface area contributed by atoms with E-state index in [2.05, 4.69) is 20.9 Å². The zero-order valence-corrected chi connectivity index (χ0v) is 24.3. The number of nitrogen functional groups attached to an aromatic ring is 1. The molecule has 2 N–H and O–H groups in total. The van der Waals surface area contributed by atoms with E-state index in [4.69, 9.17) is 31.8 Å². The molecular formula is C30H27ClF2N6O2S. The van der Waals surface area contributed by atoms with Gasteiger partial charge in [-0.3, -0.25) is 4.90 Å². The predicted octanol–water partition coefficient (Wildman–Crippen LogP) is 6.27. The van der Waals surface area contributed by atoms with Gasteiger partial charge in [-0.05, 0) is 63.2 Å². The van der Waals surface area contributed by atoms with Gasteiger partial charge in [-0.2, -0.15) is 15.2 Å². The maximum atomic E-state index is 16.9. The molecular weight excluding hydrogens is 582 g/mol. The molecule has 3 aliphatic heterocycles. The van der Waals surface area contributed by atoms with E-state index in [0.29, 0.717) is 31.0 Å². The fourth-order valence-electron chi connectivity index (χ4n) is 7.14. The van der Waals surface area contributed by atoms with Crippen LogP contribution >= 0.6 is 22.9 Å². The van der Waals surface area contributed by atoms with Gasteiger partial charge in [0.1, 0.15) is 41.4 Å². The smallest absolute Gasteiger partial charge is 0.319 e. The fraction of sp³-hybridized carbons (Fsp3) is 0.433. The largest absolute Gasteiger partial charge is 0.489 e. The molecule has 0 atom stereocenters. The van der Waals surface area contributed by atoms with Crippen LogP contribution < -0.4 is 20.1 Å². The minimum atomic E-state index is -0.711. The normalized spacial score (nSPS) is 19.6. The third-order valence-corrected chi connectivity index (χ3v) is 10.6. The van der Waals surface area contributed by atoms with Crippen LogP contribution in [0.1, 0.15) is 44.1 Å². The van der Waals surface area contributed by atoms with Gasteiger partial charge in [-0.1, -0.05) is 17.7 Å². The minimum absolute atomic E-state index is 0.0170. The number of halogens is 3. The van der Waals surface area contributed by atoms with Crippen LogP contribution in [-0.4, -0.2) is 59.3 Å². The molecule has 12 heteroatoms. The Morgan fingerprint density at radius 2 is 1.95 bits per heavy atom. The lowest BCUT2D eigenvalue weighted by molar-refractivity contribution is 0.108. The zero-order chi connectivity index (χ0) is 28.7. The summed E-state index contributed by atoms with van der Waals surface area (Å²) in [4.78, 5) is 14.1. The number of benzene rings is 2. The van der Waals surface area contributed by atoms with Crippen LogP contribution in [0.4, 0.5) is 19.6 Å². The van der Waals surface area contributed by atoms with Gasteiger partial charge in [0.05, 0.1) is 32.8 Å². The van der Waals surface area contributed by atoms with Gasteiger partial charge in [0.2, 0.25) is 0 Å². The summed E-state index contributed by atoms with van der Waals surface area (Å²) in [6.45, 7) is 3.42. The van der Waals surface area contributed by atoms with E-state index in [1.54, 1.807) is 0 Å². The molecule has 0 spiro atoms. The topological polar surface area (TPSA) is 101 Å². The van der Waals surface area contributed by atoms with Gasteiger partial charge in [-0.15, -0.1) is 11.3 Å². The average molecular weight is 609 g/mol. The van der Waals surface area contributed by atoms with E-state index in [1.807, 2.05) is 0 Å². The predicted molar refractivity (Wildman–Crippen MR) is 159 cm³/mol. The lowest BCUT2D eigenvalue weighted by Gasteiger charge is -2.31. The van der Waals surface area contributed by atoms with Crippen molar-refractivity contribution in [2.45, 2.75) is 50.1 Å². The number of hydrogen-bond acceptors (Lipinski definition) is 9. The number of hydrogen-bond donors (Lipinski definition) is 1. The second-order valence-corrected chi connectivity index (χ2v) is 13.0. The molecule has 2 aromatic heterocycles. The molecule has 4 aliphatic rings. The second-order valence-electron chi connectivity index (χ2n) is 11.6. The molecule has 0 radical (unpaired) electrons. The van der Waals surface area contributed by atoms with Crippen molar-refractivity contribution in [3.05, 3.63) is 34.4 Å². The van der Waals surface area contributed by atoms with Crippen molar-refractivity contribution in [1.82, 2.24) is 14.9 Å². The Morgan fingerprint density at radius 3 is 2.69 bits per heavy atom. The fourth-order valence-corrected chi connectivity index (χ4v) is 8.42. The van der Waals surface area contributed by atoms with E-state index < -0.39 is 11.6 Å². The highest BCUT2D eigenvalue weighted by molar-refractivity contribution is 7.23. The van der Waals surface area contributed by atoms with Crippen LogP contribution in [0.25, 0.3) is 32.1 Å². The van der Waals surface area contributed by atoms with Crippen molar-refractivity contribution in [1.29, 1.82) is 5.26 Å². The third kappa shape index (κ3) is 3.78. The first-order chi connectivity index (χ1) is 20.4. The Morgan fingerprint density at radius 1 is 1.17 bits per heavy atom. The Hall–Kier alpha value is -3.46. The molecule has 0 unspecified atom stereocenters. The summed E-state index contributed by atoms with van der Waals surface area (Å²) < 4.78 is 44.4. The number of thiophene rings is 1. The molecule has 4 aromatic rings. The molecule has 1 saturated carbocycles. The standard InChI is InChI=1S/C30H27ClF2N6O2S/c31-22-20(16-5-6-18(32)26-19(16)17(13-34)27(35)42-26)23(33)24-21-25(22)40-12-11-39(15-3-4-15)28(21)37-29(36-24)41-14-30-7-1-9-38(30)10-2-8-30/h5-6,15H,1-4,7-12,14,35H2. The molecule has 42 heavy (non-hydrogen) atoms. The molecule has 8 rings (SSSR count). The number of anilines is 2. The van der Waals surface area contributed by atoms with Gasteiger partial charge < -0.3 is 20.1 Å². The number of nitriles is 1. The summed E-state index contributed by atoms with van der Waals surface area (Å²) in [5, 5.41) is 10.6. The average Bonchev–Trinajstić information content (AvgIpc) is 3.54. The Kier molecular flexibility index (Phi) is 5.94. The SMILES string of the molecule is N#Cc1c(N)sc2c(F)ccc(-c3c(Cl)c4c5c(nc(OCC67CCCN6CCC7)nc5c3F)N(C3CC3)CCO4)c12. The van der Waals surface area contributed by atoms with E-state index in [9.17, 15) is 9.65 Å². The lowest BCUT2D eigenvalue weighted by Crippen LogP contribution is -2.43. The first-order valence-corrected chi connectivity index (χ1v) is 15.5.